The molecular weight excluding hydrogens is 158 g/mol. The van der Waals surface area contributed by atoms with Gasteiger partial charge in [0.1, 0.15) is 0 Å². The summed E-state index contributed by atoms with van der Waals surface area (Å²) in [5, 5.41) is 8.67. The van der Waals surface area contributed by atoms with Crippen LogP contribution in [0.1, 0.15) is 12.8 Å². The van der Waals surface area contributed by atoms with E-state index in [4.69, 9.17) is 9.84 Å². The average molecular weight is 173 g/mol. The molecule has 0 radical (unpaired) electrons. The van der Waals surface area contributed by atoms with Gasteiger partial charge in [-0.15, -0.1) is 0 Å². The van der Waals surface area contributed by atoms with Crippen molar-refractivity contribution in [1.29, 1.82) is 0 Å². The molecule has 0 atom stereocenters. The Bertz CT molecular complexity index is 134. The largest absolute Gasteiger partial charge is 0.395 e. The number of hydrogen-bond donors (Lipinski definition) is 1. The maximum atomic E-state index is 10.6. The van der Waals surface area contributed by atoms with Gasteiger partial charge < -0.3 is 14.7 Å². The molecule has 0 aromatic carbocycles. The third-order valence-corrected chi connectivity index (χ3v) is 2.15. The fourth-order valence-electron chi connectivity index (χ4n) is 1.45. The molecule has 1 amide bonds. The van der Waals surface area contributed by atoms with Gasteiger partial charge in [0.2, 0.25) is 6.41 Å². The Hall–Kier alpha value is -0.610. The molecule has 12 heavy (non-hydrogen) atoms. The van der Waals surface area contributed by atoms with Crippen LogP contribution in [0.15, 0.2) is 0 Å². The molecular formula is C8H15NO3. The van der Waals surface area contributed by atoms with Crippen LogP contribution in [0.25, 0.3) is 0 Å². The van der Waals surface area contributed by atoms with Crippen molar-refractivity contribution >= 4 is 6.41 Å². The molecule has 1 fully saturated rings. The summed E-state index contributed by atoms with van der Waals surface area (Å²) >= 11 is 0. The summed E-state index contributed by atoms with van der Waals surface area (Å²) in [6, 6.07) is 0.267. The van der Waals surface area contributed by atoms with Gasteiger partial charge in [-0.2, -0.15) is 0 Å². The number of aliphatic hydroxyl groups is 1. The molecule has 0 aliphatic carbocycles. The SMILES string of the molecule is O=CN(CCO)C1CCOCC1. The molecule has 1 saturated heterocycles. The van der Waals surface area contributed by atoms with Crippen molar-refractivity contribution in [2.24, 2.45) is 0 Å². The monoisotopic (exact) mass is 173 g/mol. The van der Waals surface area contributed by atoms with Crippen LogP contribution in [-0.4, -0.2) is 48.8 Å². The molecule has 4 nitrogen and oxygen atoms in total. The van der Waals surface area contributed by atoms with E-state index >= 15 is 0 Å². The summed E-state index contributed by atoms with van der Waals surface area (Å²) < 4.78 is 5.17. The Balaban J connectivity index is 2.34. The standard InChI is InChI=1S/C8H15NO3/c10-4-3-9(7-11)8-1-5-12-6-2-8/h7-8,10H,1-6H2. The third kappa shape index (κ3) is 2.46. The number of hydrogen-bond acceptors (Lipinski definition) is 3. The Morgan fingerprint density at radius 2 is 2.17 bits per heavy atom. The van der Waals surface area contributed by atoms with Crippen LogP contribution in [0, 0.1) is 0 Å². The van der Waals surface area contributed by atoms with Gasteiger partial charge in [0.15, 0.2) is 0 Å². The van der Waals surface area contributed by atoms with E-state index in [2.05, 4.69) is 0 Å². The molecule has 0 spiro atoms. The lowest BCUT2D eigenvalue weighted by Gasteiger charge is -2.30. The first-order chi connectivity index (χ1) is 5.88. The van der Waals surface area contributed by atoms with E-state index in [1.165, 1.54) is 0 Å². The van der Waals surface area contributed by atoms with E-state index < -0.39 is 0 Å². The molecule has 0 aromatic rings. The Labute approximate surface area is 72.1 Å². The summed E-state index contributed by atoms with van der Waals surface area (Å²) in [5.74, 6) is 0. The van der Waals surface area contributed by atoms with Crippen LogP contribution >= 0.6 is 0 Å². The topological polar surface area (TPSA) is 49.8 Å². The van der Waals surface area contributed by atoms with Gasteiger partial charge >= 0.3 is 0 Å². The lowest BCUT2D eigenvalue weighted by Crippen LogP contribution is -2.40. The lowest BCUT2D eigenvalue weighted by atomic mass is 10.1. The lowest BCUT2D eigenvalue weighted by molar-refractivity contribution is -0.122. The maximum absolute atomic E-state index is 10.6. The third-order valence-electron chi connectivity index (χ3n) is 2.15. The second kappa shape index (κ2) is 5.11. The minimum Gasteiger partial charge on any atom is -0.395 e. The summed E-state index contributed by atoms with van der Waals surface area (Å²) in [7, 11) is 0. The fourth-order valence-corrected chi connectivity index (χ4v) is 1.45. The van der Waals surface area contributed by atoms with E-state index in [1.807, 2.05) is 0 Å². The van der Waals surface area contributed by atoms with Gasteiger partial charge in [-0.1, -0.05) is 0 Å². The highest BCUT2D eigenvalue weighted by Crippen LogP contribution is 2.12. The molecule has 1 rings (SSSR count). The summed E-state index contributed by atoms with van der Waals surface area (Å²) in [6.45, 7) is 1.92. The molecule has 0 bridgehead atoms. The molecule has 1 aliphatic rings. The number of rotatable bonds is 4. The molecule has 4 heteroatoms. The predicted molar refractivity (Wildman–Crippen MR) is 43.7 cm³/mol. The zero-order valence-electron chi connectivity index (χ0n) is 7.11. The van der Waals surface area contributed by atoms with Crippen molar-refractivity contribution in [2.75, 3.05) is 26.4 Å². The molecule has 1 aliphatic heterocycles. The van der Waals surface area contributed by atoms with E-state index in [9.17, 15) is 4.79 Å². The number of ether oxygens (including phenoxy) is 1. The number of carbonyl (C=O) groups excluding carboxylic acids is 1. The molecule has 1 heterocycles. The van der Waals surface area contributed by atoms with Crippen LogP contribution in [-0.2, 0) is 9.53 Å². The van der Waals surface area contributed by atoms with E-state index in [0.717, 1.165) is 32.5 Å². The average Bonchev–Trinajstić information content (AvgIpc) is 2.15. The Morgan fingerprint density at radius 3 is 2.67 bits per heavy atom. The van der Waals surface area contributed by atoms with Gasteiger partial charge in [-0.05, 0) is 12.8 Å². The van der Waals surface area contributed by atoms with Crippen molar-refractivity contribution in [3.63, 3.8) is 0 Å². The Morgan fingerprint density at radius 1 is 1.50 bits per heavy atom. The van der Waals surface area contributed by atoms with Crippen LogP contribution < -0.4 is 0 Å². The number of carbonyl (C=O) groups is 1. The van der Waals surface area contributed by atoms with Crippen molar-refractivity contribution in [1.82, 2.24) is 4.90 Å². The normalized spacial score (nSPS) is 19.1. The zero-order valence-corrected chi connectivity index (χ0v) is 7.11. The van der Waals surface area contributed by atoms with Crippen molar-refractivity contribution < 1.29 is 14.6 Å². The van der Waals surface area contributed by atoms with Gasteiger partial charge in [-0.3, -0.25) is 4.79 Å². The summed E-state index contributed by atoms with van der Waals surface area (Å²) in [5.41, 5.74) is 0. The second-order valence-corrected chi connectivity index (χ2v) is 2.91. The zero-order chi connectivity index (χ0) is 8.81. The van der Waals surface area contributed by atoms with Gasteiger partial charge in [-0.25, -0.2) is 0 Å². The molecule has 1 N–H and O–H groups in total. The molecule has 0 unspecified atom stereocenters. The van der Waals surface area contributed by atoms with Gasteiger partial charge in [0, 0.05) is 25.8 Å². The molecule has 0 aromatic heterocycles. The van der Waals surface area contributed by atoms with Crippen LogP contribution in [0.3, 0.4) is 0 Å². The van der Waals surface area contributed by atoms with Crippen molar-refractivity contribution in [3.05, 3.63) is 0 Å². The maximum Gasteiger partial charge on any atom is 0.210 e. The highest BCUT2D eigenvalue weighted by Gasteiger charge is 2.19. The number of amides is 1. The summed E-state index contributed by atoms with van der Waals surface area (Å²) in [4.78, 5) is 12.2. The fraction of sp³-hybridized carbons (Fsp3) is 0.875. The highest BCUT2D eigenvalue weighted by atomic mass is 16.5. The van der Waals surface area contributed by atoms with E-state index in [1.54, 1.807) is 4.90 Å². The van der Waals surface area contributed by atoms with E-state index in [-0.39, 0.29) is 12.6 Å². The van der Waals surface area contributed by atoms with E-state index in [0.29, 0.717) is 6.54 Å². The Kier molecular flexibility index (Phi) is 4.04. The number of aliphatic hydroxyl groups excluding tert-OH is 1. The van der Waals surface area contributed by atoms with Crippen molar-refractivity contribution in [2.45, 2.75) is 18.9 Å². The highest BCUT2D eigenvalue weighted by molar-refractivity contribution is 5.47. The second-order valence-electron chi connectivity index (χ2n) is 2.91. The van der Waals surface area contributed by atoms with Gasteiger partial charge in [0.05, 0.1) is 6.61 Å². The summed E-state index contributed by atoms with van der Waals surface area (Å²) in [6.07, 6.45) is 2.59. The number of nitrogens with zero attached hydrogens (tertiary/aromatic N) is 1. The van der Waals surface area contributed by atoms with Gasteiger partial charge in [0.25, 0.3) is 0 Å². The predicted octanol–water partition coefficient (Wildman–Crippen LogP) is -0.384. The smallest absolute Gasteiger partial charge is 0.210 e. The minimum absolute atomic E-state index is 0.0378. The quantitative estimate of drug-likeness (QED) is 0.589. The first-order valence-corrected chi connectivity index (χ1v) is 4.28. The molecule has 0 saturated carbocycles. The molecule has 70 valence electrons. The van der Waals surface area contributed by atoms with Crippen LogP contribution in [0.2, 0.25) is 0 Å². The first-order valence-electron chi connectivity index (χ1n) is 4.28. The van der Waals surface area contributed by atoms with Crippen LogP contribution in [0.5, 0.6) is 0 Å². The minimum atomic E-state index is 0.0378. The first kappa shape index (κ1) is 9.48. The van der Waals surface area contributed by atoms with Crippen molar-refractivity contribution in [3.8, 4) is 0 Å². The van der Waals surface area contributed by atoms with Crippen LogP contribution in [0.4, 0.5) is 0 Å².